The highest BCUT2D eigenvalue weighted by atomic mass is 35.5. The molecule has 0 aliphatic heterocycles. The number of fused-ring (bicyclic) bond motifs is 1. The predicted molar refractivity (Wildman–Crippen MR) is 135 cm³/mol. The fourth-order valence-corrected chi connectivity index (χ4v) is 3.68. The Balaban J connectivity index is 1.55. The highest BCUT2D eigenvalue weighted by molar-refractivity contribution is 6.30. The molecule has 0 bridgehead atoms. The number of guanidine groups is 1. The molecule has 0 aliphatic carbocycles. The van der Waals surface area contributed by atoms with E-state index in [-0.39, 0.29) is 11.9 Å². The number of hydrogen-bond acceptors (Lipinski definition) is 5. The van der Waals surface area contributed by atoms with Crippen molar-refractivity contribution < 1.29 is 9.53 Å². The molecule has 174 valence electrons. The number of carbonyl (C=O) groups is 1. The minimum absolute atomic E-state index is 0.266. The largest absolute Gasteiger partial charge is 0.497 e. The zero-order chi connectivity index (χ0) is 24.1. The Bertz CT molecular complexity index is 1330. The summed E-state index contributed by atoms with van der Waals surface area (Å²) in [5.41, 5.74) is 4.21. The van der Waals surface area contributed by atoms with E-state index < -0.39 is 0 Å². The Morgan fingerprint density at radius 2 is 1.82 bits per heavy atom. The number of aromatic nitrogens is 3. The lowest BCUT2D eigenvalue weighted by molar-refractivity contribution is 0.0977. The molecule has 0 saturated carbocycles. The van der Waals surface area contributed by atoms with Crippen LogP contribution in [0.3, 0.4) is 0 Å². The molecule has 2 aromatic heterocycles. The minimum Gasteiger partial charge on any atom is -0.497 e. The van der Waals surface area contributed by atoms with Gasteiger partial charge in [-0.2, -0.15) is 0 Å². The van der Waals surface area contributed by atoms with E-state index >= 15 is 0 Å². The topological polar surface area (TPSA) is 104 Å². The molecule has 8 nitrogen and oxygen atoms in total. The van der Waals surface area contributed by atoms with Gasteiger partial charge in [0.15, 0.2) is 0 Å². The van der Waals surface area contributed by atoms with E-state index in [9.17, 15) is 4.79 Å². The Kier molecular flexibility index (Phi) is 7.08. The summed E-state index contributed by atoms with van der Waals surface area (Å²) in [6, 6.07) is 14.4. The first-order chi connectivity index (χ1) is 16.4. The fourth-order valence-electron chi connectivity index (χ4n) is 3.56. The number of benzene rings is 2. The van der Waals surface area contributed by atoms with Crippen molar-refractivity contribution in [3.63, 3.8) is 0 Å². The third-order valence-corrected chi connectivity index (χ3v) is 5.43. The van der Waals surface area contributed by atoms with Gasteiger partial charge in [0.2, 0.25) is 11.9 Å². The van der Waals surface area contributed by atoms with E-state index in [1.54, 1.807) is 31.4 Å². The zero-order valence-corrected chi connectivity index (χ0v) is 19.9. The van der Waals surface area contributed by atoms with E-state index in [0.29, 0.717) is 29.5 Å². The van der Waals surface area contributed by atoms with Crippen LogP contribution in [0.5, 0.6) is 5.75 Å². The van der Waals surface area contributed by atoms with Gasteiger partial charge in [-0.05, 0) is 74.4 Å². The number of amides is 1. The second-order valence-corrected chi connectivity index (χ2v) is 8.20. The Morgan fingerprint density at radius 3 is 2.53 bits per heavy atom. The molecule has 1 amide bonds. The summed E-state index contributed by atoms with van der Waals surface area (Å²) in [5, 5.41) is 7.51. The molecule has 0 aliphatic rings. The highest BCUT2D eigenvalue weighted by Crippen LogP contribution is 2.24. The standard InChI is InChI=1S/C25H25ClN6O2/c1-15-12-16(2)30-25(29-15)32-24(31-23(33)17-4-6-19(26)7-5-17)27-11-10-18-14-28-22-9-8-20(34-3)13-21(18)22/h4-9,12-14,28H,10-11H2,1-3H3,(H2,27,29,30,31,32,33). The summed E-state index contributed by atoms with van der Waals surface area (Å²) in [6.45, 7) is 4.20. The summed E-state index contributed by atoms with van der Waals surface area (Å²) in [4.78, 5) is 29.5. The summed E-state index contributed by atoms with van der Waals surface area (Å²) < 4.78 is 5.35. The van der Waals surface area contributed by atoms with Crippen LogP contribution in [0, 0.1) is 13.8 Å². The van der Waals surface area contributed by atoms with Crippen molar-refractivity contribution in [1.82, 2.24) is 20.3 Å². The van der Waals surface area contributed by atoms with E-state index in [1.165, 1.54) is 0 Å². The number of nitrogens with zero attached hydrogens (tertiary/aromatic N) is 3. The molecule has 4 rings (SSSR count). The van der Waals surface area contributed by atoms with Gasteiger partial charge >= 0.3 is 0 Å². The van der Waals surface area contributed by atoms with Crippen LogP contribution < -0.4 is 15.4 Å². The van der Waals surface area contributed by atoms with Crippen LogP contribution in [0.15, 0.2) is 59.7 Å². The van der Waals surface area contributed by atoms with Crippen LogP contribution in [0.4, 0.5) is 5.95 Å². The van der Waals surface area contributed by atoms with Gasteiger partial charge in [0.25, 0.3) is 5.91 Å². The number of aromatic amines is 1. The second kappa shape index (κ2) is 10.4. The first kappa shape index (κ1) is 23.3. The number of anilines is 1. The van der Waals surface area contributed by atoms with Crippen molar-refractivity contribution in [2.45, 2.75) is 20.3 Å². The van der Waals surface area contributed by atoms with Gasteiger partial charge in [0.05, 0.1) is 7.11 Å². The minimum atomic E-state index is -0.316. The number of nitrogens with one attached hydrogen (secondary N) is 3. The van der Waals surface area contributed by atoms with Crippen LogP contribution in [-0.4, -0.2) is 40.5 Å². The Morgan fingerprint density at radius 1 is 1.09 bits per heavy atom. The number of aryl methyl sites for hydroxylation is 2. The molecule has 3 N–H and O–H groups in total. The predicted octanol–water partition coefficient (Wildman–Crippen LogP) is 4.68. The maximum Gasteiger partial charge on any atom is 0.257 e. The van der Waals surface area contributed by atoms with E-state index in [4.69, 9.17) is 16.3 Å². The second-order valence-electron chi connectivity index (χ2n) is 7.77. The number of H-pyrrole nitrogens is 1. The maximum atomic E-state index is 12.8. The highest BCUT2D eigenvalue weighted by Gasteiger charge is 2.12. The van der Waals surface area contributed by atoms with Crippen molar-refractivity contribution in [1.29, 1.82) is 0 Å². The third kappa shape index (κ3) is 5.71. The van der Waals surface area contributed by atoms with Crippen LogP contribution in [-0.2, 0) is 6.42 Å². The SMILES string of the molecule is COc1ccc2[nH]cc(CCN=C(NC(=O)c3ccc(Cl)cc3)Nc3nc(C)cc(C)n3)c2c1. The van der Waals surface area contributed by atoms with Gasteiger partial charge < -0.3 is 9.72 Å². The van der Waals surface area contributed by atoms with E-state index in [1.807, 2.05) is 44.3 Å². The van der Waals surface area contributed by atoms with Gasteiger partial charge in [0.1, 0.15) is 5.75 Å². The van der Waals surface area contributed by atoms with E-state index in [2.05, 4.69) is 30.6 Å². The van der Waals surface area contributed by atoms with Gasteiger partial charge in [-0.15, -0.1) is 0 Å². The zero-order valence-electron chi connectivity index (χ0n) is 19.1. The first-order valence-electron chi connectivity index (χ1n) is 10.8. The van der Waals surface area contributed by atoms with Crippen molar-refractivity contribution >= 4 is 40.3 Å². The molecular formula is C25H25ClN6O2. The number of hydrogen-bond donors (Lipinski definition) is 3. The number of rotatable bonds is 6. The summed E-state index contributed by atoms with van der Waals surface area (Å²) in [7, 11) is 1.65. The molecule has 0 atom stereocenters. The molecule has 4 aromatic rings. The van der Waals surface area contributed by atoms with Gasteiger partial charge in [-0.25, -0.2) is 9.97 Å². The first-order valence-corrected chi connectivity index (χ1v) is 11.1. The number of methoxy groups -OCH3 is 1. The molecule has 0 fully saturated rings. The lowest BCUT2D eigenvalue weighted by Crippen LogP contribution is -2.37. The normalized spacial score (nSPS) is 11.5. The molecule has 34 heavy (non-hydrogen) atoms. The van der Waals surface area contributed by atoms with Gasteiger partial charge in [0, 0.05) is 45.6 Å². The van der Waals surface area contributed by atoms with Crippen LogP contribution in [0.2, 0.25) is 5.02 Å². The molecule has 0 unspecified atom stereocenters. The Labute approximate surface area is 202 Å². The summed E-state index contributed by atoms with van der Waals surface area (Å²) >= 11 is 5.94. The molecule has 0 spiro atoms. The van der Waals surface area contributed by atoms with Crippen molar-refractivity contribution in [2.24, 2.45) is 4.99 Å². The van der Waals surface area contributed by atoms with Crippen LogP contribution >= 0.6 is 11.6 Å². The lowest BCUT2D eigenvalue weighted by Gasteiger charge is -2.12. The smallest absolute Gasteiger partial charge is 0.257 e. The number of ether oxygens (including phenoxy) is 1. The van der Waals surface area contributed by atoms with Gasteiger partial charge in [-0.1, -0.05) is 11.6 Å². The fraction of sp³-hybridized carbons (Fsp3) is 0.200. The van der Waals surface area contributed by atoms with Crippen LogP contribution in [0.1, 0.15) is 27.3 Å². The summed E-state index contributed by atoms with van der Waals surface area (Å²) in [5.74, 6) is 1.11. The average Bonchev–Trinajstić information content (AvgIpc) is 3.20. The summed E-state index contributed by atoms with van der Waals surface area (Å²) in [6.07, 6.45) is 2.62. The van der Waals surface area contributed by atoms with Crippen LogP contribution in [0.25, 0.3) is 10.9 Å². The van der Waals surface area contributed by atoms with Crippen molar-refractivity contribution in [3.05, 3.63) is 82.3 Å². The van der Waals surface area contributed by atoms with Gasteiger partial charge in [-0.3, -0.25) is 20.4 Å². The molecule has 2 heterocycles. The molecule has 0 radical (unpaired) electrons. The maximum absolute atomic E-state index is 12.8. The van der Waals surface area contributed by atoms with E-state index in [0.717, 1.165) is 33.6 Å². The average molecular weight is 477 g/mol. The third-order valence-electron chi connectivity index (χ3n) is 5.18. The number of aliphatic imine (C=N–C) groups is 1. The lowest BCUT2D eigenvalue weighted by atomic mass is 10.1. The molecule has 0 saturated heterocycles. The number of carbonyl (C=O) groups excluding carboxylic acids is 1. The molecule has 9 heteroatoms. The van der Waals surface area contributed by atoms with Crippen molar-refractivity contribution in [3.8, 4) is 5.75 Å². The monoisotopic (exact) mass is 476 g/mol. The number of halogens is 1. The van der Waals surface area contributed by atoms with Crippen molar-refractivity contribution in [2.75, 3.05) is 19.0 Å². The Hall–Kier alpha value is -3.91. The molecular weight excluding hydrogens is 452 g/mol. The quantitative estimate of drug-likeness (QED) is 0.277. The molecule has 2 aromatic carbocycles.